The lowest BCUT2D eigenvalue weighted by molar-refractivity contribution is 0.147. The number of benzene rings is 1. The van der Waals surface area contributed by atoms with Crippen LogP contribution in [0.4, 0.5) is 23.1 Å². The van der Waals surface area contributed by atoms with Crippen LogP contribution in [0.3, 0.4) is 0 Å². The summed E-state index contributed by atoms with van der Waals surface area (Å²) < 4.78 is 0. The van der Waals surface area contributed by atoms with E-state index in [0.717, 1.165) is 55.4 Å². The summed E-state index contributed by atoms with van der Waals surface area (Å²) >= 11 is 0. The Bertz CT molecular complexity index is 835. The molecule has 0 saturated carbocycles. The van der Waals surface area contributed by atoms with Crippen molar-refractivity contribution in [1.82, 2.24) is 15.3 Å². The molecule has 2 aromatic rings. The highest BCUT2D eigenvalue weighted by Gasteiger charge is 2.22. The van der Waals surface area contributed by atoms with Gasteiger partial charge in [0.25, 0.3) is 0 Å². The average Bonchev–Trinajstić information content (AvgIpc) is 2.71. The number of oxime groups is 1. The van der Waals surface area contributed by atoms with Gasteiger partial charge in [-0.05, 0) is 38.6 Å². The van der Waals surface area contributed by atoms with Crippen LogP contribution < -0.4 is 26.6 Å². The highest BCUT2D eigenvalue weighted by Crippen LogP contribution is 2.27. The van der Waals surface area contributed by atoms with E-state index < -0.39 is 0 Å². The van der Waals surface area contributed by atoms with Crippen molar-refractivity contribution in [3.63, 3.8) is 0 Å². The molecule has 0 spiro atoms. The first-order valence-electron chi connectivity index (χ1n) is 9.80. The van der Waals surface area contributed by atoms with Crippen molar-refractivity contribution in [3.8, 4) is 0 Å². The summed E-state index contributed by atoms with van der Waals surface area (Å²) in [4.78, 5) is 18.2. The molecule has 1 saturated heterocycles. The van der Waals surface area contributed by atoms with Crippen molar-refractivity contribution < 1.29 is 4.84 Å². The fourth-order valence-corrected chi connectivity index (χ4v) is 3.45. The maximum Gasteiger partial charge on any atom is 0.222 e. The van der Waals surface area contributed by atoms with Crippen molar-refractivity contribution in [2.75, 3.05) is 67.6 Å². The normalized spacial score (nSPS) is 13.5. The van der Waals surface area contributed by atoms with Gasteiger partial charge in [-0.25, -0.2) is 4.98 Å². The summed E-state index contributed by atoms with van der Waals surface area (Å²) in [6.07, 6.45) is 0. The lowest BCUT2D eigenvalue weighted by Crippen LogP contribution is -2.47. The maximum absolute atomic E-state index is 6.08. The monoisotopic (exact) mass is 506 g/mol. The van der Waals surface area contributed by atoms with Gasteiger partial charge in [-0.1, -0.05) is 17.3 Å². The third-order valence-corrected chi connectivity index (χ3v) is 4.99. The Morgan fingerprint density at radius 3 is 2.19 bits per heavy atom. The molecule has 1 aliphatic rings. The number of halogens is 3. The second-order valence-electron chi connectivity index (χ2n) is 7.04. The molecule has 0 aliphatic carbocycles. The van der Waals surface area contributed by atoms with Gasteiger partial charge in [0.2, 0.25) is 5.95 Å². The fourth-order valence-electron chi connectivity index (χ4n) is 3.45. The van der Waals surface area contributed by atoms with Crippen LogP contribution in [0, 0.1) is 6.92 Å². The molecule has 0 amide bonds. The van der Waals surface area contributed by atoms with Crippen molar-refractivity contribution in [2.24, 2.45) is 5.16 Å². The first-order valence-corrected chi connectivity index (χ1v) is 9.80. The van der Waals surface area contributed by atoms with E-state index in [2.05, 4.69) is 54.5 Å². The highest BCUT2D eigenvalue weighted by molar-refractivity contribution is 5.98. The van der Waals surface area contributed by atoms with Crippen LogP contribution in [0.15, 0.2) is 29.4 Å². The first-order chi connectivity index (χ1) is 14.0. The number of hydrogen-bond acceptors (Lipinski definition) is 9. The predicted molar refractivity (Wildman–Crippen MR) is 140 cm³/mol. The number of nitrogens with two attached hydrogens (primary N) is 2. The molecule has 0 radical (unpaired) electrons. The van der Waals surface area contributed by atoms with E-state index in [4.69, 9.17) is 16.3 Å². The molecule has 180 valence electrons. The summed E-state index contributed by atoms with van der Waals surface area (Å²) in [5, 5.41) is 7.19. The van der Waals surface area contributed by atoms with Crippen LogP contribution in [0.25, 0.3) is 0 Å². The molecule has 1 aromatic carbocycles. The zero-order valence-electron chi connectivity index (χ0n) is 18.6. The summed E-state index contributed by atoms with van der Waals surface area (Å²) in [6.45, 7) is 8.68. The molecule has 3 rings (SSSR count). The van der Waals surface area contributed by atoms with Crippen LogP contribution in [0.1, 0.15) is 18.2 Å². The Kier molecular flexibility index (Phi) is 13.1. The zero-order chi connectivity index (χ0) is 20.8. The molecule has 12 heteroatoms. The number of aromatic nitrogens is 2. The lowest BCUT2D eigenvalue weighted by atomic mass is 10.1. The molecule has 1 fully saturated rings. The molecule has 0 unspecified atom stereocenters. The highest BCUT2D eigenvalue weighted by atomic mass is 35.5. The van der Waals surface area contributed by atoms with Crippen LogP contribution in [-0.4, -0.2) is 62.1 Å². The maximum atomic E-state index is 6.08. The number of nitrogen functional groups attached to an aromatic ring is 2. The molecular formula is C20H33Cl3N8O. The van der Waals surface area contributed by atoms with Gasteiger partial charge in [0.1, 0.15) is 12.3 Å². The molecule has 1 aromatic heterocycles. The Morgan fingerprint density at radius 1 is 1.03 bits per heavy atom. The van der Waals surface area contributed by atoms with E-state index in [1.165, 1.54) is 5.69 Å². The van der Waals surface area contributed by atoms with Crippen LogP contribution in [0.2, 0.25) is 0 Å². The van der Waals surface area contributed by atoms with Gasteiger partial charge in [0, 0.05) is 38.4 Å². The minimum Gasteiger partial charge on any atom is -0.394 e. The summed E-state index contributed by atoms with van der Waals surface area (Å²) in [7, 11) is 1.89. The number of anilines is 4. The van der Waals surface area contributed by atoms with E-state index in [0.29, 0.717) is 12.4 Å². The molecule has 1 aliphatic heterocycles. The minimum absolute atomic E-state index is 0. The lowest BCUT2D eigenvalue weighted by Gasteiger charge is -2.38. The van der Waals surface area contributed by atoms with E-state index >= 15 is 0 Å². The fraction of sp³-hybridized carbons (Fsp3) is 0.450. The number of aryl methyl sites for hydroxylation is 1. The number of rotatable bonds is 7. The second kappa shape index (κ2) is 14.1. The van der Waals surface area contributed by atoms with Crippen molar-refractivity contribution in [1.29, 1.82) is 0 Å². The number of likely N-dealkylation sites (N-methyl/N-ethyl adjacent to an activating group) is 1. The van der Waals surface area contributed by atoms with Gasteiger partial charge >= 0.3 is 0 Å². The van der Waals surface area contributed by atoms with Crippen molar-refractivity contribution >= 4 is 66.1 Å². The van der Waals surface area contributed by atoms with Gasteiger partial charge in [-0.2, -0.15) is 4.98 Å². The minimum atomic E-state index is 0. The molecule has 32 heavy (non-hydrogen) atoms. The van der Waals surface area contributed by atoms with Crippen LogP contribution in [0.5, 0.6) is 0 Å². The molecule has 5 N–H and O–H groups in total. The van der Waals surface area contributed by atoms with Gasteiger partial charge in [0.05, 0.1) is 11.4 Å². The van der Waals surface area contributed by atoms with Gasteiger partial charge < -0.3 is 31.4 Å². The number of nitrogens with zero attached hydrogens (tertiary/aromatic N) is 5. The quantitative estimate of drug-likeness (QED) is 0.297. The van der Waals surface area contributed by atoms with Gasteiger partial charge in [0.15, 0.2) is 5.82 Å². The number of hydrogen-bond donors (Lipinski definition) is 3. The number of nitrogens with one attached hydrogen (secondary N) is 1. The topological polar surface area (TPSA) is 118 Å². The Balaban J connectivity index is 0.00000320. The summed E-state index contributed by atoms with van der Waals surface area (Å²) in [5.41, 5.74) is 16.6. The van der Waals surface area contributed by atoms with Crippen LogP contribution in [-0.2, 0) is 4.84 Å². The SMILES string of the molecule is CNCCO/N=C(\C)c1ccc(N2CCN(c3c(C)nc(N)nc3N)CC2)cc1.Cl.Cl.Cl. The van der Waals surface area contributed by atoms with Crippen molar-refractivity contribution in [2.45, 2.75) is 13.8 Å². The average molecular weight is 508 g/mol. The Morgan fingerprint density at radius 2 is 1.62 bits per heavy atom. The molecule has 2 heterocycles. The zero-order valence-corrected chi connectivity index (χ0v) is 21.0. The third kappa shape index (κ3) is 7.44. The van der Waals surface area contributed by atoms with Crippen LogP contribution >= 0.6 is 37.2 Å². The van der Waals surface area contributed by atoms with Gasteiger partial charge in [-0.15, -0.1) is 37.2 Å². The summed E-state index contributed by atoms with van der Waals surface area (Å²) in [6, 6.07) is 8.42. The largest absolute Gasteiger partial charge is 0.394 e. The van der Waals surface area contributed by atoms with E-state index in [9.17, 15) is 0 Å². The van der Waals surface area contributed by atoms with E-state index in [-0.39, 0.29) is 43.2 Å². The summed E-state index contributed by atoms with van der Waals surface area (Å²) in [5.74, 6) is 0.660. The second-order valence-corrected chi connectivity index (χ2v) is 7.04. The molecule has 0 bridgehead atoms. The molecule has 9 nitrogen and oxygen atoms in total. The van der Waals surface area contributed by atoms with Crippen molar-refractivity contribution in [3.05, 3.63) is 35.5 Å². The third-order valence-electron chi connectivity index (χ3n) is 4.99. The Hall–Kier alpha value is -2.20. The van der Waals surface area contributed by atoms with E-state index in [1.54, 1.807) is 0 Å². The predicted octanol–water partition coefficient (Wildman–Crippen LogP) is 2.50. The van der Waals surface area contributed by atoms with E-state index in [1.807, 2.05) is 20.9 Å². The Labute approximate surface area is 208 Å². The molecular weight excluding hydrogens is 475 g/mol. The smallest absolute Gasteiger partial charge is 0.222 e. The first kappa shape index (κ1) is 29.8. The standard InChI is InChI=1S/C20H30N8O.3ClH/c1-14(26-29-13-8-23-3)16-4-6-17(7-5-16)27-9-11-28(12-10-27)18-15(2)24-20(22)25-19(18)21;;;/h4-7,23H,8-13H2,1-3H3,(H4,21,22,24,25);3*1H/b26-14+;;;. The van der Waals surface area contributed by atoms with Gasteiger partial charge in [-0.3, -0.25) is 0 Å². The number of piperazine rings is 1. The molecule has 0 atom stereocenters.